The topological polar surface area (TPSA) is 80.4 Å². The van der Waals surface area contributed by atoms with Crippen LogP contribution in [0.2, 0.25) is 0 Å². The molecule has 3 aromatic rings. The summed E-state index contributed by atoms with van der Waals surface area (Å²) in [6.07, 6.45) is 0. The Morgan fingerprint density at radius 2 is 1.90 bits per heavy atom. The second kappa shape index (κ2) is 7.09. The fourth-order valence-corrected chi connectivity index (χ4v) is 3.83. The number of carbonyl (C=O) groups excluding carboxylic acids is 2. The first-order chi connectivity index (χ1) is 14.0. The van der Waals surface area contributed by atoms with Gasteiger partial charge in [-0.1, -0.05) is 18.2 Å². The van der Waals surface area contributed by atoms with Gasteiger partial charge in [0.05, 0.1) is 31.4 Å². The number of ether oxygens (including phenoxy) is 2. The molecule has 2 heterocycles. The maximum absolute atomic E-state index is 14.9. The smallest absolute Gasteiger partial charge is 0.340 e. The van der Waals surface area contributed by atoms with Crippen LogP contribution in [0.3, 0.4) is 0 Å². The molecule has 0 fully saturated rings. The number of fused-ring (bicyclic) bond motifs is 1. The van der Waals surface area contributed by atoms with E-state index >= 15 is 0 Å². The Bertz CT molecular complexity index is 1140. The Morgan fingerprint density at radius 3 is 2.59 bits per heavy atom. The molecule has 0 bridgehead atoms. The number of esters is 1. The van der Waals surface area contributed by atoms with Gasteiger partial charge in [0, 0.05) is 28.6 Å². The average molecular weight is 394 g/mol. The highest BCUT2D eigenvalue weighted by Gasteiger charge is 2.39. The highest BCUT2D eigenvalue weighted by Crippen LogP contribution is 2.44. The van der Waals surface area contributed by atoms with E-state index in [1.165, 1.54) is 20.3 Å². The van der Waals surface area contributed by atoms with Crippen LogP contribution in [0.4, 0.5) is 10.1 Å². The van der Waals surface area contributed by atoms with Crippen LogP contribution < -0.4 is 10.1 Å². The summed E-state index contributed by atoms with van der Waals surface area (Å²) in [6, 6.07) is 11.7. The fourth-order valence-electron chi connectivity index (χ4n) is 3.83. The van der Waals surface area contributed by atoms with E-state index in [9.17, 15) is 14.0 Å². The monoisotopic (exact) mass is 394 g/mol. The summed E-state index contributed by atoms with van der Waals surface area (Å²) in [5, 5.41) is 2.83. The Hall–Kier alpha value is -3.61. The molecule has 7 heteroatoms. The number of para-hydroxylation sites is 1. The molecule has 4 rings (SSSR count). The van der Waals surface area contributed by atoms with Gasteiger partial charge in [0.15, 0.2) is 0 Å². The third-order valence-electron chi connectivity index (χ3n) is 5.14. The molecule has 0 unspecified atom stereocenters. The van der Waals surface area contributed by atoms with E-state index in [4.69, 9.17) is 9.47 Å². The lowest BCUT2D eigenvalue weighted by Crippen LogP contribution is -2.17. The number of aromatic nitrogens is 1. The van der Waals surface area contributed by atoms with Crippen molar-refractivity contribution in [2.75, 3.05) is 19.5 Å². The van der Waals surface area contributed by atoms with Gasteiger partial charge in [-0.25, -0.2) is 9.18 Å². The maximum atomic E-state index is 14.9. The average Bonchev–Trinajstić information content (AvgIpc) is 3.22. The van der Waals surface area contributed by atoms with E-state index in [0.717, 1.165) is 5.56 Å². The van der Waals surface area contributed by atoms with E-state index in [0.29, 0.717) is 28.4 Å². The number of aryl methyl sites for hydroxylation is 1. The van der Waals surface area contributed by atoms with E-state index in [1.54, 1.807) is 25.1 Å². The number of H-pyrrole nitrogens is 1. The van der Waals surface area contributed by atoms with Gasteiger partial charge in [0.25, 0.3) is 0 Å². The molecule has 1 aliphatic rings. The van der Waals surface area contributed by atoms with Gasteiger partial charge in [-0.2, -0.15) is 0 Å². The molecule has 1 amide bonds. The quantitative estimate of drug-likeness (QED) is 0.656. The van der Waals surface area contributed by atoms with Gasteiger partial charge in [-0.3, -0.25) is 4.79 Å². The molecule has 1 aromatic heterocycles. The highest BCUT2D eigenvalue weighted by molar-refractivity contribution is 6.08. The van der Waals surface area contributed by atoms with Crippen LogP contribution in [-0.4, -0.2) is 31.1 Å². The summed E-state index contributed by atoms with van der Waals surface area (Å²) in [6.45, 7) is 1.69. The molecule has 148 valence electrons. The number of amides is 1. The number of benzene rings is 2. The van der Waals surface area contributed by atoms with Crippen LogP contribution in [0.15, 0.2) is 42.5 Å². The SMILES string of the molecule is COC(=O)c1c(C)[nH]c(-c2ccc(OC)cc2F)c1[C@@H]1C(=O)Nc2ccccc21. The minimum absolute atomic E-state index is 0.231. The Morgan fingerprint density at radius 1 is 1.14 bits per heavy atom. The zero-order valence-electron chi connectivity index (χ0n) is 16.1. The Kier molecular flexibility index (Phi) is 4.58. The van der Waals surface area contributed by atoms with Crippen molar-refractivity contribution in [1.29, 1.82) is 0 Å². The molecule has 0 saturated carbocycles. The van der Waals surface area contributed by atoms with E-state index in [2.05, 4.69) is 10.3 Å². The largest absolute Gasteiger partial charge is 0.497 e. The van der Waals surface area contributed by atoms with Crippen LogP contribution in [-0.2, 0) is 9.53 Å². The van der Waals surface area contributed by atoms with Crippen LogP contribution >= 0.6 is 0 Å². The van der Waals surface area contributed by atoms with Crippen LogP contribution in [0.5, 0.6) is 5.75 Å². The number of methoxy groups -OCH3 is 2. The van der Waals surface area contributed by atoms with Gasteiger partial charge in [-0.15, -0.1) is 0 Å². The van der Waals surface area contributed by atoms with Crippen molar-refractivity contribution in [3.8, 4) is 17.0 Å². The van der Waals surface area contributed by atoms with E-state index in [-0.39, 0.29) is 17.0 Å². The molecule has 6 nitrogen and oxygen atoms in total. The summed E-state index contributed by atoms with van der Waals surface area (Å²) in [5.41, 5.74) is 3.09. The molecule has 0 spiro atoms. The normalized spacial score (nSPS) is 15.0. The molecule has 2 aromatic carbocycles. The predicted octanol–water partition coefficient (Wildman–Crippen LogP) is 4.01. The zero-order chi connectivity index (χ0) is 20.7. The first-order valence-electron chi connectivity index (χ1n) is 9.00. The van der Waals surface area contributed by atoms with Gasteiger partial charge < -0.3 is 19.8 Å². The molecule has 0 saturated heterocycles. The van der Waals surface area contributed by atoms with Crippen molar-refractivity contribution in [3.63, 3.8) is 0 Å². The number of aromatic amines is 1. The molecular formula is C22H19FN2O4. The standard InChI is InChI=1S/C22H19FN2O4/c1-11-17(22(27)29-3)19(18-14-6-4-5-7-16(14)25-21(18)26)20(24-11)13-9-8-12(28-2)10-15(13)23/h4-10,18,24H,1-3H3,(H,25,26)/t18-/m1/s1. The molecule has 0 aliphatic carbocycles. The number of anilines is 1. The van der Waals surface area contributed by atoms with Crippen molar-refractivity contribution in [3.05, 3.63) is 70.7 Å². The highest BCUT2D eigenvalue weighted by atomic mass is 19.1. The number of hydrogen-bond donors (Lipinski definition) is 2. The summed E-state index contributed by atoms with van der Waals surface area (Å²) < 4.78 is 24.9. The van der Waals surface area contributed by atoms with Gasteiger partial charge in [-0.05, 0) is 30.7 Å². The molecular weight excluding hydrogens is 375 g/mol. The van der Waals surface area contributed by atoms with Gasteiger partial charge >= 0.3 is 5.97 Å². The first kappa shape index (κ1) is 18.7. The van der Waals surface area contributed by atoms with Crippen LogP contribution in [0.25, 0.3) is 11.3 Å². The van der Waals surface area contributed by atoms with Crippen molar-refractivity contribution < 1.29 is 23.5 Å². The predicted molar refractivity (Wildman–Crippen MR) is 106 cm³/mol. The summed E-state index contributed by atoms with van der Waals surface area (Å²) in [4.78, 5) is 28.5. The second-order valence-electron chi connectivity index (χ2n) is 6.76. The lowest BCUT2D eigenvalue weighted by atomic mass is 9.87. The lowest BCUT2D eigenvalue weighted by molar-refractivity contribution is -0.116. The Labute approximate surface area is 166 Å². The number of hydrogen-bond acceptors (Lipinski definition) is 4. The van der Waals surface area contributed by atoms with Crippen molar-refractivity contribution >= 4 is 17.6 Å². The van der Waals surface area contributed by atoms with Crippen LogP contribution in [0.1, 0.15) is 33.1 Å². The minimum Gasteiger partial charge on any atom is -0.497 e. The second-order valence-corrected chi connectivity index (χ2v) is 6.76. The van der Waals surface area contributed by atoms with Gasteiger partial charge in [0.2, 0.25) is 5.91 Å². The third kappa shape index (κ3) is 2.95. The summed E-state index contributed by atoms with van der Waals surface area (Å²) in [5.74, 6) is -1.82. The number of nitrogens with one attached hydrogen (secondary N) is 2. The molecule has 1 atom stereocenters. The van der Waals surface area contributed by atoms with Crippen molar-refractivity contribution in [1.82, 2.24) is 4.98 Å². The van der Waals surface area contributed by atoms with E-state index < -0.39 is 17.7 Å². The van der Waals surface area contributed by atoms with Crippen LogP contribution in [0, 0.1) is 12.7 Å². The minimum atomic E-state index is -0.776. The fraction of sp³-hybridized carbons (Fsp3) is 0.182. The number of rotatable bonds is 4. The molecule has 29 heavy (non-hydrogen) atoms. The molecule has 0 radical (unpaired) electrons. The maximum Gasteiger partial charge on any atom is 0.340 e. The van der Waals surface area contributed by atoms with E-state index in [1.807, 2.05) is 18.2 Å². The zero-order valence-corrected chi connectivity index (χ0v) is 16.1. The summed E-state index contributed by atoms with van der Waals surface area (Å²) >= 11 is 0. The van der Waals surface area contributed by atoms with Crippen molar-refractivity contribution in [2.24, 2.45) is 0 Å². The number of halogens is 1. The van der Waals surface area contributed by atoms with Crippen molar-refractivity contribution in [2.45, 2.75) is 12.8 Å². The number of carbonyl (C=O) groups is 2. The lowest BCUT2D eigenvalue weighted by Gasteiger charge is -2.14. The Balaban J connectivity index is 2.00. The summed E-state index contributed by atoms with van der Waals surface area (Å²) in [7, 11) is 2.72. The van der Waals surface area contributed by atoms with Gasteiger partial charge in [0.1, 0.15) is 11.6 Å². The molecule has 2 N–H and O–H groups in total. The third-order valence-corrected chi connectivity index (χ3v) is 5.14. The molecule has 1 aliphatic heterocycles. The first-order valence-corrected chi connectivity index (χ1v) is 9.00.